The average molecular weight is 211 g/mol. The summed E-state index contributed by atoms with van der Waals surface area (Å²) in [5.41, 5.74) is 2.43. The minimum absolute atomic E-state index is 0.289. The molecule has 0 spiro atoms. The zero-order valence-corrected chi connectivity index (χ0v) is 10.1. The second-order valence-electron chi connectivity index (χ2n) is 4.84. The van der Waals surface area contributed by atoms with Crippen LogP contribution in [0.2, 0.25) is 0 Å². The summed E-state index contributed by atoms with van der Waals surface area (Å²) in [7, 11) is 0. The molecule has 0 heterocycles. The van der Waals surface area contributed by atoms with Crippen LogP contribution in [0.15, 0.2) is 12.2 Å². The Morgan fingerprint density at radius 2 is 2.27 bits per heavy atom. The van der Waals surface area contributed by atoms with Crippen molar-refractivity contribution in [2.45, 2.75) is 58.4 Å². The number of hydrogen-bond acceptors (Lipinski definition) is 2. The molecule has 0 amide bonds. The molecule has 1 unspecified atom stereocenters. The predicted octanol–water partition coefficient (Wildman–Crippen LogP) is 3.52. The van der Waals surface area contributed by atoms with Gasteiger partial charge in [-0.25, -0.2) is 5.48 Å². The Morgan fingerprint density at radius 3 is 2.87 bits per heavy atom. The Kier molecular flexibility index (Phi) is 5.96. The summed E-state index contributed by atoms with van der Waals surface area (Å²) >= 11 is 0. The van der Waals surface area contributed by atoms with E-state index in [1.807, 2.05) is 0 Å². The van der Waals surface area contributed by atoms with Crippen molar-refractivity contribution in [3.05, 3.63) is 12.2 Å². The van der Waals surface area contributed by atoms with Gasteiger partial charge >= 0.3 is 0 Å². The molecule has 15 heavy (non-hydrogen) atoms. The highest BCUT2D eigenvalue weighted by Gasteiger charge is 2.18. The highest BCUT2D eigenvalue weighted by molar-refractivity contribution is 4.96. The fourth-order valence-corrected chi connectivity index (χ4v) is 2.43. The maximum Gasteiger partial charge on any atom is 0.0319 e. The molecule has 0 aliphatic heterocycles. The zero-order chi connectivity index (χ0) is 11.1. The Hall–Kier alpha value is -0.340. The molecule has 1 aliphatic carbocycles. The van der Waals surface area contributed by atoms with E-state index in [0.717, 1.165) is 31.1 Å². The monoisotopic (exact) mass is 211 g/mol. The van der Waals surface area contributed by atoms with Gasteiger partial charge in [-0.3, -0.25) is 0 Å². The van der Waals surface area contributed by atoms with Crippen LogP contribution in [0.1, 0.15) is 52.4 Å². The first kappa shape index (κ1) is 12.7. The third-order valence-corrected chi connectivity index (χ3v) is 3.57. The van der Waals surface area contributed by atoms with Gasteiger partial charge in [0.1, 0.15) is 0 Å². The molecule has 2 N–H and O–H groups in total. The summed E-state index contributed by atoms with van der Waals surface area (Å²) < 4.78 is 0. The van der Waals surface area contributed by atoms with Crippen LogP contribution in [-0.4, -0.2) is 11.2 Å². The fourth-order valence-electron chi connectivity index (χ4n) is 2.43. The molecule has 0 fully saturated rings. The topological polar surface area (TPSA) is 32.3 Å². The standard InChI is InChI=1S/C13H25NO/c1-3-6-13(14-15)10-9-12-8-5-4-7-11(12)2/h5,8,11-15H,3-4,6-7,9-10H2,1-2H3/t11-,12+,13?/m1/s1. The van der Waals surface area contributed by atoms with Crippen molar-refractivity contribution in [3.63, 3.8) is 0 Å². The minimum Gasteiger partial charge on any atom is -0.317 e. The van der Waals surface area contributed by atoms with Gasteiger partial charge in [-0.05, 0) is 43.9 Å². The average Bonchev–Trinajstić information content (AvgIpc) is 2.26. The zero-order valence-electron chi connectivity index (χ0n) is 10.1. The molecular formula is C13H25NO. The van der Waals surface area contributed by atoms with Gasteiger partial charge in [-0.15, -0.1) is 0 Å². The molecule has 0 bridgehead atoms. The molecule has 1 aliphatic rings. The maximum atomic E-state index is 8.98. The van der Waals surface area contributed by atoms with E-state index in [-0.39, 0.29) is 6.04 Å². The molecule has 2 heteroatoms. The number of allylic oxidation sites excluding steroid dienone is 2. The molecule has 0 aromatic heterocycles. The van der Waals surface area contributed by atoms with Crippen LogP contribution in [0.25, 0.3) is 0 Å². The van der Waals surface area contributed by atoms with Gasteiger partial charge < -0.3 is 5.21 Å². The van der Waals surface area contributed by atoms with Gasteiger partial charge in [0, 0.05) is 6.04 Å². The lowest BCUT2D eigenvalue weighted by atomic mass is 9.81. The SMILES string of the molecule is CCCC(CC[C@@H]1C=CCC[C@H]1C)NO. The highest BCUT2D eigenvalue weighted by atomic mass is 16.5. The van der Waals surface area contributed by atoms with E-state index in [9.17, 15) is 0 Å². The van der Waals surface area contributed by atoms with Crippen molar-refractivity contribution < 1.29 is 5.21 Å². The first-order valence-electron chi connectivity index (χ1n) is 6.34. The summed E-state index contributed by atoms with van der Waals surface area (Å²) in [6.07, 6.45) is 11.7. The van der Waals surface area contributed by atoms with Crippen molar-refractivity contribution in [2.24, 2.45) is 11.8 Å². The molecule has 3 atom stereocenters. The Morgan fingerprint density at radius 1 is 1.47 bits per heavy atom. The number of rotatable bonds is 6. The van der Waals surface area contributed by atoms with Crippen LogP contribution in [-0.2, 0) is 0 Å². The second kappa shape index (κ2) is 7.02. The van der Waals surface area contributed by atoms with Gasteiger partial charge in [-0.1, -0.05) is 32.4 Å². The first-order chi connectivity index (χ1) is 7.27. The number of hydroxylamine groups is 1. The van der Waals surface area contributed by atoms with E-state index in [1.54, 1.807) is 0 Å². The lowest BCUT2D eigenvalue weighted by Crippen LogP contribution is -2.27. The van der Waals surface area contributed by atoms with E-state index in [4.69, 9.17) is 5.21 Å². The van der Waals surface area contributed by atoms with Crippen LogP contribution in [0, 0.1) is 11.8 Å². The lowest BCUT2D eigenvalue weighted by molar-refractivity contribution is 0.112. The van der Waals surface area contributed by atoms with Crippen molar-refractivity contribution >= 4 is 0 Å². The minimum atomic E-state index is 0.289. The Bertz CT molecular complexity index is 191. The molecule has 0 saturated carbocycles. The van der Waals surface area contributed by atoms with Crippen molar-refractivity contribution in [2.75, 3.05) is 0 Å². The van der Waals surface area contributed by atoms with Gasteiger partial charge in [-0.2, -0.15) is 0 Å². The van der Waals surface area contributed by atoms with E-state index >= 15 is 0 Å². The van der Waals surface area contributed by atoms with E-state index < -0.39 is 0 Å². The molecule has 0 aromatic carbocycles. The third-order valence-electron chi connectivity index (χ3n) is 3.57. The quantitative estimate of drug-likeness (QED) is 0.520. The highest BCUT2D eigenvalue weighted by Crippen LogP contribution is 2.28. The van der Waals surface area contributed by atoms with Crippen LogP contribution >= 0.6 is 0 Å². The van der Waals surface area contributed by atoms with Gasteiger partial charge in [0.25, 0.3) is 0 Å². The molecule has 1 rings (SSSR count). The second-order valence-corrected chi connectivity index (χ2v) is 4.84. The summed E-state index contributed by atoms with van der Waals surface area (Å²) in [4.78, 5) is 0. The van der Waals surface area contributed by atoms with Crippen LogP contribution in [0.3, 0.4) is 0 Å². The summed E-state index contributed by atoms with van der Waals surface area (Å²) in [6, 6.07) is 0.289. The van der Waals surface area contributed by atoms with Crippen molar-refractivity contribution in [1.29, 1.82) is 0 Å². The molecule has 0 radical (unpaired) electrons. The smallest absolute Gasteiger partial charge is 0.0319 e. The normalized spacial score (nSPS) is 27.9. The van der Waals surface area contributed by atoms with E-state index in [2.05, 4.69) is 31.5 Å². The van der Waals surface area contributed by atoms with Crippen molar-refractivity contribution in [1.82, 2.24) is 5.48 Å². The Labute approximate surface area is 93.7 Å². The fraction of sp³-hybridized carbons (Fsp3) is 0.846. The summed E-state index contributed by atoms with van der Waals surface area (Å²) in [5, 5.41) is 8.98. The Balaban J connectivity index is 2.27. The van der Waals surface area contributed by atoms with E-state index in [1.165, 1.54) is 19.3 Å². The largest absolute Gasteiger partial charge is 0.317 e. The molecule has 0 saturated heterocycles. The number of nitrogens with one attached hydrogen (secondary N) is 1. The van der Waals surface area contributed by atoms with Crippen LogP contribution < -0.4 is 5.48 Å². The predicted molar refractivity (Wildman–Crippen MR) is 63.9 cm³/mol. The lowest BCUT2D eigenvalue weighted by Gasteiger charge is -2.25. The molecule has 0 aromatic rings. The summed E-state index contributed by atoms with van der Waals surface area (Å²) in [6.45, 7) is 4.50. The molecule has 2 nitrogen and oxygen atoms in total. The number of hydrogen-bond donors (Lipinski definition) is 2. The van der Waals surface area contributed by atoms with Gasteiger partial charge in [0.15, 0.2) is 0 Å². The summed E-state index contributed by atoms with van der Waals surface area (Å²) in [5.74, 6) is 1.54. The van der Waals surface area contributed by atoms with Crippen LogP contribution in [0.4, 0.5) is 0 Å². The van der Waals surface area contributed by atoms with Gasteiger partial charge in [0.2, 0.25) is 0 Å². The molecule has 88 valence electrons. The van der Waals surface area contributed by atoms with E-state index in [0.29, 0.717) is 0 Å². The first-order valence-corrected chi connectivity index (χ1v) is 6.34. The van der Waals surface area contributed by atoms with Crippen LogP contribution in [0.5, 0.6) is 0 Å². The maximum absolute atomic E-state index is 8.98. The van der Waals surface area contributed by atoms with Gasteiger partial charge in [0.05, 0.1) is 0 Å². The molecular weight excluding hydrogens is 186 g/mol. The van der Waals surface area contributed by atoms with Crippen molar-refractivity contribution in [3.8, 4) is 0 Å². The third kappa shape index (κ3) is 4.35.